The maximum absolute atomic E-state index is 3.79. The number of aromatic amines is 2. The molecule has 2 unspecified atom stereocenters. The Morgan fingerprint density at radius 2 is 0.950 bits per heavy atom. The van der Waals surface area contributed by atoms with E-state index in [9.17, 15) is 0 Å². The number of nitrogens with one attached hydrogen (secondary N) is 2. The van der Waals surface area contributed by atoms with Crippen LogP contribution >= 0.6 is 0 Å². The SMILES string of the molecule is Cc1cc(C)c(-c2ccc(CN3CCCC3C3CCCN3Cc3ccc(-c4c(C)cc(C)cc4C)[nH]3)[nH]2)c(C)c1. The van der Waals surface area contributed by atoms with E-state index in [1.807, 2.05) is 0 Å². The first kappa shape index (κ1) is 27.1. The summed E-state index contributed by atoms with van der Waals surface area (Å²) in [6.07, 6.45) is 5.22. The van der Waals surface area contributed by atoms with Crippen LogP contribution in [0.3, 0.4) is 0 Å². The van der Waals surface area contributed by atoms with Crippen LogP contribution in [0.1, 0.15) is 70.5 Å². The standard InChI is InChI=1S/C36H46N4/c1-23-17-25(3)35(26(4)18-23)31-13-11-29(37-31)21-39-15-7-9-33(39)34-10-8-16-40(34)22-30-12-14-32(38-30)36-27(5)19-24(2)20-28(36)6/h11-14,17-20,33-34,37-38H,7-10,15-16,21-22H2,1-6H3. The molecule has 2 aromatic heterocycles. The predicted molar refractivity (Wildman–Crippen MR) is 168 cm³/mol. The molecular formula is C36H46N4. The molecule has 0 saturated carbocycles. The van der Waals surface area contributed by atoms with Crippen LogP contribution in [0.15, 0.2) is 48.5 Å². The molecule has 0 amide bonds. The summed E-state index contributed by atoms with van der Waals surface area (Å²) < 4.78 is 0. The molecule has 0 radical (unpaired) electrons. The average Bonchev–Trinajstić information content (AvgIpc) is 3.67. The van der Waals surface area contributed by atoms with Gasteiger partial charge in [0, 0.05) is 59.1 Å². The average molecular weight is 535 g/mol. The van der Waals surface area contributed by atoms with Crippen molar-refractivity contribution in [2.75, 3.05) is 13.1 Å². The summed E-state index contributed by atoms with van der Waals surface area (Å²) in [5.74, 6) is 0. The van der Waals surface area contributed by atoms with Crippen LogP contribution in [0.5, 0.6) is 0 Å². The van der Waals surface area contributed by atoms with Gasteiger partial charge in [0.1, 0.15) is 0 Å². The van der Waals surface area contributed by atoms with Crippen LogP contribution in [0.4, 0.5) is 0 Å². The minimum atomic E-state index is 0.633. The molecule has 0 aliphatic carbocycles. The van der Waals surface area contributed by atoms with Crippen molar-refractivity contribution in [1.29, 1.82) is 0 Å². The number of H-pyrrole nitrogens is 2. The Morgan fingerprint density at radius 1 is 0.575 bits per heavy atom. The molecule has 4 nitrogen and oxygen atoms in total. The molecule has 2 saturated heterocycles. The summed E-state index contributed by atoms with van der Waals surface area (Å²) in [6, 6.07) is 19.6. The molecule has 2 fully saturated rings. The Kier molecular flexibility index (Phi) is 7.50. The number of hydrogen-bond donors (Lipinski definition) is 2. The molecule has 4 heterocycles. The monoisotopic (exact) mass is 534 g/mol. The molecule has 2 aliphatic rings. The zero-order valence-corrected chi connectivity index (χ0v) is 25.3. The van der Waals surface area contributed by atoms with Crippen molar-refractivity contribution >= 4 is 0 Å². The summed E-state index contributed by atoms with van der Waals surface area (Å²) in [7, 11) is 0. The van der Waals surface area contributed by atoms with Crippen LogP contribution < -0.4 is 0 Å². The van der Waals surface area contributed by atoms with Gasteiger partial charge in [-0.25, -0.2) is 0 Å². The molecule has 40 heavy (non-hydrogen) atoms. The zero-order valence-electron chi connectivity index (χ0n) is 25.3. The van der Waals surface area contributed by atoms with E-state index < -0.39 is 0 Å². The van der Waals surface area contributed by atoms with Crippen molar-refractivity contribution in [3.05, 3.63) is 93.3 Å². The van der Waals surface area contributed by atoms with E-state index in [-0.39, 0.29) is 0 Å². The molecule has 0 bridgehead atoms. The van der Waals surface area contributed by atoms with Gasteiger partial charge in [0.2, 0.25) is 0 Å². The van der Waals surface area contributed by atoms with Gasteiger partial charge in [-0.3, -0.25) is 9.80 Å². The third kappa shape index (κ3) is 5.32. The highest BCUT2D eigenvalue weighted by atomic mass is 15.3. The first-order chi connectivity index (χ1) is 19.3. The maximum Gasteiger partial charge on any atom is 0.0461 e. The second-order valence-corrected chi connectivity index (χ2v) is 12.7. The van der Waals surface area contributed by atoms with Crippen molar-refractivity contribution in [3.63, 3.8) is 0 Å². The van der Waals surface area contributed by atoms with E-state index in [1.54, 1.807) is 0 Å². The molecular weight excluding hydrogens is 488 g/mol. The Labute approximate surface area is 240 Å². The summed E-state index contributed by atoms with van der Waals surface area (Å²) in [5.41, 5.74) is 16.0. The van der Waals surface area contributed by atoms with Crippen LogP contribution in [0, 0.1) is 41.5 Å². The lowest BCUT2D eigenvalue weighted by molar-refractivity contribution is 0.122. The van der Waals surface area contributed by atoms with E-state index in [1.165, 1.54) is 106 Å². The fourth-order valence-electron chi connectivity index (χ4n) is 7.97. The molecule has 6 rings (SSSR count). The van der Waals surface area contributed by atoms with Gasteiger partial charge in [-0.1, -0.05) is 35.4 Å². The van der Waals surface area contributed by atoms with Gasteiger partial charge in [0.15, 0.2) is 0 Å². The number of aromatic nitrogens is 2. The normalized spacial score (nSPS) is 20.1. The highest BCUT2D eigenvalue weighted by Gasteiger charge is 2.37. The smallest absolute Gasteiger partial charge is 0.0461 e. The molecule has 4 aromatic rings. The molecule has 2 aromatic carbocycles. The first-order valence-electron chi connectivity index (χ1n) is 15.3. The third-order valence-electron chi connectivity index (χ3n) is 9.41. The second kappa shape index (κ2) is 11.1. The minimum Gasteiger partial charge on any atom is -0.357 e. The van der Waals surface area contributed by atoms with E-state index in [4.69, 9.17) is 0 Å². The first-order valence-corrected chi connectivity index (χ1v) is 15.3. The molecule has 210 valence electrons. The largest absolute Gasteiger partial charge is 0.357 e. The van der Waals surface area contributed by atoms with Gasteiger partial charge in [-0.15, -0.1) is 0 Å². The lowest BCUT2D eigenvalue weighted by Crippen LogP contribution is -2.45. The zero-order chi connectivity index (χ0) is 28.0. The quantitative estimate of drug-likeness (QED) is 0.251. The van der Waals surface area contributed by atoms with E-state index in [2.05, 4.69) is 110 Å². The Bertz CT molecular complexity index is 1340. The van der Waals surface area contributed by atoms with Gasteiger partial charge in [-0.2, -0.15) is 0 Å². The molecule has 0 spiro atoms. The van der Waals surface area contributed by atoms with Crippen molar-refractivity contribution < 1.29 is 0 Å². The van der Waals surface area contributed by atoms with Crippen LogP contribution in [-0.4, -0.2) is 44.9 Å². The Hall–Kier alpha value is -3.08. The summed E-state index contributed by atoms with van der Waals surface area (Å²) in [6.45, 7) is 17.7. The number of likely N-dealkylation sites (tertiary alicyclic amines) is 2. The third-order valence-corrected chi connectivity index (χ3v) is 9.41. The maximum atomic E-state index is 3.79. The lowest BCUT2D eigenvalue weighted by atomic mass is 9.98. The highest BCUT2D eigenvalue weighted by Crippen LogP contribution is 2.34. The number of rotatable bonds is 7. The fourth-order valence-corrected chi connectivity index (χ4v) is 7.97. The number of aryl methyl sites for hydroxylation is 6. The van der Waals surface area contributed by atoms with E-state index in [0.29, 0.717) is 12.1 Å². The van der Waals surface area contributed by atoms with Crippen molar-refractivity contribution in [1.82, 2.24) is 19.8 Å². The highest BCUT2D eigenvalue weighted by molar-refractivity contribution is 5.69. The Morgan fingerprint density at radius 3 is 1.32 bits per heavy atom. The lowest BCUT2D eigenvalue weighted by Gasteiger charge is -2.34. The fraction of sp³-hybridized carbons (Fsp3) is 0.444. The van der Waals surface area contributed by atoms with Crippen molar-refractivity contribution in [3.8, 4) is 22.5 Å². The van der Waals surface area contributed by atoms with Gasteiger partial charge < -0.3 is 9.97 Å². The topological polar surface area (TPSA) is 38.1 Å². The predicted octanol–water partition coefficient (Wildman–Crippen LogP) is 8.16. The second-order valence-electron chi connectivity index (χ2n) is 12.7. The molecule has 2 N–H and O–H groups in total. The van der Waals surface area contributed by atoms with Gasteiger partial charge >= 0.3 is 0 Å². The minimum absolute atomic E-state index is 0.633. The van der Waals surface area contributed by atoms with Gasteiger partial charge in [0.05, 0.1) is 0 Å². The van der Waals surface area contributed by atoms with E-state index in [0.717, 1.165) is 13.1 Å². The van der Waals surface area contributed by atoms with Crippen LogP contribution in [-0.2, 0) is 13.1 Å². The van der Waals surface area contributed by atoms with Crippen molar-refractivity contribution in [2.45, 2.75) is 92.4 Å². The van der Waals surface area contributed by atoms with Crippen LogP contribution in [0.2, 0.25) is 0 Å². The van der Waals surface area contributed by atoms with Crippen molar-refractivity contribution in [2.24, 2.45) is 0 Å². The summed E-state index contributed by atoms with van der Waals surface area (Å²) >= 11 is 0. The number of benzene rings is 2. The van der Waals surface area contributed by atoms with Crippen LogP contribution in [0.25, 0.3) is 22.5 Å². The molecule has 2 atom stereocenters. The number of nitrogens with zero attached hydrogens (tertiary/aromatic N) is 2. The number of hydrogen-bond acceptors (Lipinski definition) is 2. The van der Waals surface area contributed by atoms with Gasteiger partial charge in [-0.05, 0) is 127 Å². The van der Waals surface area contributed by atoms with E-state index >= 15 is 0 Å². The molecule has 2 aliphatic heterocycles. The summed E-state index contributed by atoms with van der Waals surface area (Å²) in [5, 5.41) is 0. The molecule has 4 heteroatoms. The Balaban J connectivity index is 1.15. The van der Waals surface area contributed by atoms with Gasteiger partial charge in [0.25, 0.3) is 0 Å². The summed E-state index contributed by atoms with van der Waals surface area (Å²) in [4.78, 5) is 13.1.